The van der Waals surface area contributed by atoms with E-state index in [9.17, 15) is 36.4 Å². The van der Waals surface area contributed by atoms with Gasteiger partial charge in [-0.05, 0) is 32.9 Å². The van der Waals surface area contributed by atoms with Gasteiger partial charge in [-0.3, -0.25) is 4.79 Å². The van der Waals surface area contributed by atoms with Gasteiger partial charge in [0.05, 0.1) is 0 Å². The lowest BCUT2D eigenvalue weighted by molar-refractivity contribution is -0.141. The van der Waals surface area contributed by atoms with Crippen LogP contribution in [0.3, 0.4) is 0 Å². The molecule has 1 N–H and O–H groups in total. The van der Waals surface area contributed by atoms with Crippen molar-refractivity contribution in [1.29, 1.82) is 0 Å². The monoisotopic (exact) mass is 453 g/mol. The molecule has 30 heavy (non-hydrogen) atoms. The normalized spacial score (nSPS) is 14.5. The van der Waals surface area contributed by atoms with Gasteiger partial charge in [0, 0.05) is 6.04 Å². The van der Waals surface area contributed by atoms with Crippen LogP contribution in [-0.4, -0.2) is 27.8 Å². The number of para-hydroxylation sites is 1. The number of aliphatic carboxylic acids is 1. The van der Waals surface area contributed by atoms with E-state index in [4.69, 9.17) is 9.05 Å². The highest BCUT2D eigenvalue weighted by Crippen LogP contribution is 2.55. The first-order chi connectivity index (χ1) is 13.9. The Kier molecular flexibility index (Phi) is 7.10. The van der Waals surface area contributed by atoms with Crippen LogP contribution in [0.5, 0.6) is 11.5 Å². The van der Waals surface area contributed by atoms with Crippen molar-refractivity contribution in [2.24, 2.45) is 0 Å². The zero-order valence-electron chi connectivity index (χ0n) is 15.9. The van der Waals surface area contributed by atoms with Crippen LogP contribution in [-0.2, 0) is 9.36 Å². The van der Waals surface area contributed by atoms with E-state index in [1.165, 1.54) is 38.1 Å². The van der Waals surface area contributed by atoms with Crippen LogP contribution in [0.25, 0.3) is 0 Å². The molecule has 0 saturated carbocycles. The van der Waals surface area contributed by atoms with Gasteiger partial charge in [-0.1, -0.05) is 18.2 Å². The van der Waals surface area contributed by atoms with Crippen molar-refractivity contribution in [3.8, 4) is 11.5 Å². The molecule has 164 valence electrons. The zero-order valence-corrected chi connectivity index (χ0v) is 16.8. The molecule has 12 heteroatoms. The third-order valence-corrected chi connectivity index (χ3v) is 6.14. The van der Waals surface area contributed by atoms with Gasteiger partial charge < -0.3 is 14.2 Å². The van der Waals surface area contributed by atoms with Crippen molar-refractivity contribution in [1.82, 2.24) is 4.67 Å². The standard InChI is InChI=1S/C18H17F5NO5P/c1-9(2)24(10(3)18(25)26)30(27,28-11-7-5-4-6-8-11)29-17-15(22)13(20)12(19)14(21)16(17)23/h4-10H,1-3H3,(H,25,26)/t10-,30-/m0/s1. The molecular formula is C18H17F5NO5P. The molecule has 0 radical (unpaired) electrons. The molecule has 6 nitrogen and oxygen atoms in total. The summed E-state index contributed by atoms with van der Waals surface area (Å²) in [5.74, 6) is -15.3. The van der Waals surface area contributed by atoms with Crippen molar-refractivity contribution < 1.29 is 45.5 Å². The summed E-state index contributed by atoms with van der Waals surface area (Å²) < 4.78 is 93.0. The number of rotatable bonds is 8. The average Bonchev–Trinajstić information content (AvgIpc) is 2.68. The third-order valence-electron chi connectivity index (χ3n) is 3.91. The molecule has 0 fully saturated rings. The summed E-state index contributed by atoms with van der Waals surface area (Å²) in [6.45, 7) is 3.84. The molecule has 0 spiro atoms. The summed E-state index contributed by atoms with van der Waals surface area (Å²) in [5.41, 5.74) is 0. The summed E-state index contributed by atoms with van der Waals surface area (Å²) in [4.78, 5) is 11.5. The topological polar surface area (TPSA) is 76.1 Å². The molecule has 0 amide bonds. The molecule has 2 rings (SSSR count). The smallest absolute Gasteiger partial charge is 0.480 e. The first kappa shape index (κ1) is 23.6. The maximum Gasteiger partial charge on any atom is 0.516 e. The van der Waals surface area contributed by atoms with Crippen molar-refractivity contribution >= 4 is 13.7 Å². The van der Waals surface area contributed by atoms with Gasteiger partial charge in [0.15, 0.2) is 0 Å². The third kappa shape index (κ3) is 4.57. The molecule has 0 heterocycles. The highest BCUT2D eigenvalue weighted by Gasteiger charge is 2.46. The fourth-order valence-electron chi connectivity index (χ4n) is 2.56. The second kappa shape index (κ2) is 9.01. The SMILES string of the molecule is CC(C)N([C@@H](C)C(=O)O)[P@](=O)(Oc1ccccc1)Oc1c(F)c(F)c(F)c(F)c1F. The van der Waals surface area contributed by atoms with Gasteiger partial charge in [-0.25, -0.2) is 17.7 Å². The van der Waals surface area contributed by atoms with E-state index in [0.717, 1.165) is 6.92 Å². The van der Waals surface area contributed by atoms with Crippen molar-refractivity contribution in [3.63, 3.8) is 0 Å². The summed E-state index contributed by atoms with van der Waals surface area (Å²) in [5, 5.41) is 9.34. The van der Waals surface area contributed by atoms with E-state index in [0.29, 0.717) is 4.67 Å². The fourth-order valence-corrected chi connectivity index (χ4v) is 4.66. The van der Waals surface area contributed by atoms with Crippen LogP contribution < -0.4 is 9.05 Å². The number of carboxylic acid groups (broad SMARTS) is 1. The molecule has 0 aliphatic carbocycles. The predicted molar refractivity (Wildman–Crippen MR) is 95.6 cm³/mol. The van der Waals surface area contributed by atoms with Crippen LogP contribution >= 0.6 is 7.75 Å². The van der Waals surface area contributed by atoms with E-state index < -0.39 is 60.6 Å². The minimum atomic E-state index is -5.03. The Morgan fingerprint density at radius 1 is 0.900 bits per heavy atom. The number of carbonyl (C=O) groups is 1. The van der Waals surface area contributed by atoms with Gasteiger partial charge in [-0.2, -0.15) is 13.5 Å². The lowest BCUT2D eigenvalue weighted by atomic mass is 10.3. The second-order valence-electron chi connectivity index (χ2n) is 6.35. The molecule has 2 atom stereocenters. The molecule has 0 aliphatic rings. The molecule has 0 aliphatic heterocycles. The molecule has 0 unspecified atom stereocenters. The number of carboxylic acids is 1. The van der Waals surface area contributed by atoms with Crippen LogP contribution in [0.15, 0.2) is 30.3 Å². The van der Waals surface area contributed by atoms with Gasteiger partial charge in [0.1, 0.15) is 11.8 Å². The first-order valence-electron chi connectivity index (χ1n) is 8.48. The maximum absolute atomic E-state index is 14.1. The van der Waals surface area contributed by atoms with Crippen molar-refractivity contribution in [3.05, 3.63) is 59.4 Å². The summed E-state index contributed by atoms with van der Waals surface area (Å²) >= 11 is 0. The molecule has 0 aromatic heterocycles. The highest BCUT2D eigenvalue weighted by atomic mass is 31.2. The highest BCUT2D eigenvalue weighted by molar-refractivity contribution is 7.52. The summed E-state index contributed by atoms with van der Waals surface area (Å²) in [6.07, 6.45) is 0. The first-order valence-corrected chi connectivity index (χ1v) is 9.97. The van der Waals surface area contributed by atoms with E-state index >= 15 is 0 Å². The molecule has 0 bridgehead atoms. The molecule has 2 aromatic rings. The lowest BCUT2D eigenvalue weighted by Gasteiger charge is -2.35. The summed E-state index contributed by atoms with van der Waals surface area (Å²) in [6, 6.07) is 4.50. The number of benzene rings is 2. The Morgan fingerprint density at radius 2 is 1.37 bits per heavy atom. The van der Waals surface area contributed by atoms with Gasteiger partial charge >= 0.3 is 13.7 Å². The maximum atomic E-state index is 14.1. The quantitative estimate of drug-likeness (QED) is 0.259. The van der Waals surface area contributed by atoms with E-state index in [1.807, 2.05) is 0 Å². The average molecular weight is 453 g/mol. The Bertz CT molecular complexity index is 960. The van der Waals surface area contributed by atoms with Crippen LogP contribution in [0.2, 0.25) is 0 Å². The Balaban J connectivity index is 2.68. The summed E-state index contributed by atoms with van der Waals surface area (Å²) in [7, 11) is -5.03. The largest absolute Gasteiger partial charge is 0.516 e. The van der Waals surface area contributed by atoms with Gasteiger partial charge in [0.25, 0.3) is 0 Å². The predicted octanol–water partition coefficient (Wildman–Crippen LogP) is 5.13. The van der Waals surface area contributed by atoms with E-state index in [1.54, 1.807) is 6.07 Å². The Morgan fingerprint density at radius 3 is 1.80 bits per heavy atom. The number of nitrogens with zero attached hydrogens (tertiary/aromatic N) is 1. The Labute approximate surface area is 168 Å². The number of hydrogen-bond acceptors (Lipinski definition) is 4. The van der Waals surface area contributed by atoms with Crippen molar-refractivity contribution in [2.75, 3.05) is 0 Å². The van der Waals surface area contributed by atoms with Gasteiger partial charge in [0.2, 0.25) is 34.8 Å². The molecular weight excluding hydrogens is 436 g/mol. The van der Waals surface area contributed by atoms with E-state index in [2.05, 4.69) is 0 Å². The van der Waals surface area contributed by atoms with Crippen molar-refractivity contribution in [2.45, 2.75) is 32.9 Å². The van der Waals surface area contributed by atoms with Gasteiger partial charge in [-0.15, -0.1) is 0 Å². The fraction of sp³-hybridized carbons (Fsp3) is 0.278. The molecule has 2 aromatic carbocycles. The zero-order chi connectivity index (χ0) is 22.8. The van der Waals surface area contributed by atoms with Crippen LogP contribution in [0.4, 0.5) is 22.0 Å². The number of hydrogen-bond donors (Lipinski definition) is 1. The molecule has 0 saturated heterocycles. The lowest BCUT2D eigenvalue weighted by Crippen LogP contribution is -2.43. The van der Waals surface area contributed by atoms with E-state index in [-0.39, 0.29) is 5.75 Å². The minimum absolute atomic E-state index is 0.159. The number of halogens is 5. The van der Waals surface area contributed by atoms with Crippen LogP contribution in [0, 0.1) is 29.1 Å². The minimum Gasteiger partial charge on any atom is -0.480 e. The second-order valence-corrected chi connectivity index (χ2v) is 8.12. The Hall–Kier alpha value is -2.65. The van der Waals surface area contributed by atoms with Crippen LogP contribution in [0.1, 0.15) is 20.8 Å².